The molecule has 9 heteroatoms. The van der Waals surface area contributed by atoms with Crippen molar-refractivity contribution in [1.82, 2.24) is 9.97 Å². The summed E-state index contributed by atoms with van der Waals surface area (Å²) in [7, 11) is 0. The lowest BCUT2D eigenvalue weighted by molar-refractivity contribution is -0.150. The summed E-state index contributed by atoms with van der Waals surface area (Å²) in [5.74, 6) is -0.919. The molecule has 0 saturated heterocycles. The van der Waals surface area contributed by atoms with Gasteiger partial charge in [0.2, 0.25) is 5.95 Å². The van der Waals surface area contributed by atoms with Crippen LogP contribution in [-0.4, -0.2) is 33.7 Å². The van der Waals surface area contributed by atoms with E-state index in [4.69, 9.17) is 27.9 Å². The van der Waals surface area contributed by atoms with Gasteiger partial charge in [-0.25, -0.2) is 9.97 Å². The van der Waals surface area contributed by atoms with Gasteiger partial charge in [0, 0.05) is 22.3 Å². The van der Waals surface area contributed by atoms with Gasteiger partial charge < -0.3 is 4.74 Å². The fourth-order valence-corrected chi connectivity index (χ4v) is 2.86. The summed E-state index contributed by atoms with van der Waals surface area (Å²) < 4.78 is 5.07. The molecule has 24 heavy (non-hydrogen) atoms. The number of hydrogen-bond acceptors (Lipinski definition) is 6. The summed E-state index contributed by atoms with van der Waals surface area (Å²) in [6, 6.07) is 6.58. The summed E-state index contributed by atoms with van der Waals surface area (Å²) in [6.07, 6.45) is 2.01. The number of hydrogen-bond donors (Lipinski definition) is 1. The van der Waals surface area contributed by atoms with Crippen LogP contribution < -0.4 is 5.32 Å². The van der Waals surface area contributed by atoms with Gasteiger partial charge in [-0.2, -0.15) is 0 Å². The van der Waals surface area contributed by atoms with E-state index in [1.807, 2.05) is 0 Å². The van der Waals surface area contributed by atoms with Crippen molar-refractivity contribution in [3.63, 3.8) is 0 Å². The van der Waals surface area contributed by atoms with E-state index in [0.717, 1.165) is 0 Å². The maximum absolute atomic E-state index is 11.9. The lowest BCUT2D eigenvalue weighted by atomic mass is 10.4. The van der Waals surface area contributed by atoms with E-state index in [-0.39, 0.29) is 11.7 Å². The van der Waals surface area contributed by atoms with Crippen molar-refractivity contribution < 1.29 is 14.3 Å². The molecular formula is C15H13Cl2N3O3S. The highest BCUT2D eigenvalue weighted by Crippen LogP contribution is 2.29. The lowest BCUT2D eigenvalue weighted by Crippen LogP contribution is -2.31. The molecule has 0 bridgehead atoms. The Balaban J connectivity index is 1.83. The van der Waals surface area contributed by atoms with Crippen LogP contribution in [0.5, 0.6) is 0 Å². The van der Waals surface area contributed by atoms with Gasteiger partial charge in [-0.1, -0.05) is 23.2 Å². The molecule has 1 amide bonds. The van der Waals surface area contributed by atoms with Crippen molar-refractivity contribution in [3.8, 4) is 0 Å². The second-order valence-corrected chi connectivity index (χ2v) is 6.42. The molecule has 6 nitrogen and oxygen atoms in total. The zero-order valence-electron chi connectivity index (χ0n) is 12.5. The van der Waals surface area contributed by atoms with Crippen LogP contribution in [0.1, 0.15) is 6.92 Å². The maximum atomic E-state index is 11.9. The second-order valence-electron chi connectivity index (χ2n) is 4.56. The molecule has 1 atom stereocenters. The van der Waals surface area contributed by atoms with Gasteiger partial charge in [-0.15, -0.1) is 11.8 Å². The molecule has 0 spiro atoms. The van der Waals surface area contributed by atoms with Crippen molar-refractivity contribution >= 4 is 52.8 Å². The van der Waals surface area contributed by atoms with Crippen molar-refractivity contribution in [1.29, 1.82) is 0 Å². The second kappa shape index (κ2) is 8.86. The summed E-state index contributed by atoms with van der Waals surface area (Å²) in [5, 5.41) is 3.46. The van der Waals surface area contributed by atoms with Crippen molar-refractivity contribution in [2.24, 2.45) is 0 Å². The molecule has 2 rings (SSSR count). The van der Waals surface area contributed by atoms with Gasteiger partial charge in [0.25, 0.3) is 5.91 Å². The third kappa shape index (κ3) is 5.67. The molecule has 0 radical (unpaired) electrons. The molecule has 126 valence electrons. The number of halogens is 2. The summed E-state index contributed by atoms with van der Waals surface area (Å²) >= 11 is 13.1. The van der Waals surface area contributed by atoms with E-state index >= 15 is 0 Å². The van der Waals surface area contributed by atoms with Crippen LogP contribution in [0, 0.1) is 0 Å². The van der Waals surface area contributed by atoms with E-state index in [9.17, 15) is 9.59 Å². The number of nitrogens with zero attached hydrogens (tertiary/aromatic N) is 2. The van der Waals surface area contributed by atoms with Crippen molar-refractivity contribution in [2.45, 2.75) is 17.9 Å². The zero-order chi connectivity index (χ0) is 17.5. The standard InChI is InChI=1S/C15H13Cl2N3O3S/c1-9(14(22)20-15-18-5-2-6-19-15)23-13(21)8-24-12-7-10(16)3-4-11(12)17/h2-7,9H,8H2,1H3,(H,18,19,20,22). The van der Waals surface area contributed by atoms with E-state index < -0.39 is 18.0 Å². The predicted molar refractivity (Wildman–Crippen MR) is 93.4 cm³/mol. The third-order valence-electron chi connectivity index (χ3n) is 2.72. The number of nitrogens with one attached hydrogen (secondary N) is 1. The number of carbonyl (C=O) groups is 2. The largest absolute Gasteiger partial charge is 0.452 e. The topological polar surface area (TPSA) is 81.2 Å². The van der Waals surface area contributed by atoms with Crippen molar-refractivity contribution in [3.05, 3.63) is 46.7 Å². The van der Waals surface area contributed by atoms with E-state index in [1.165, 1.54) is 31.1 Å². The summed E-state index contributed by atoms with van der Waals surface area (Å²) in [5.41, 5.74) is 0. The minimum absolute atomic E-state index is 0.000477. The molecule has 2 aromatic rings. The fraction of sp³-hybridized carbons (Fsp3) is 0.200. The maximum Gasteiger partial charge on any atom is 0.317 e. The molecule has 1 aromatic carbocycles. The number of thioether (sulfide) groups is 1. The molecule has 0 aliphatic heterocycles. The number of amides is 1. The van der Waals surface area contributed by atoms with Gasteiger partial charge in [-0.05, 0) is 31.2 Å². The third-order valence-corrected chi connectivity index (χ3v) is 4.42. The first-order valence-corrected chi connectivity index (χ1v) is 8.55. The van der Waals surface area contributed by atoms with Crippen LogP contribution in [0.3, 0.4) is 0 Å². The monoisotopic (exact) mass is 385 g/mol. The Morgan fingerprint density at radius 3 is 2.71 bits per heavy atom. The highest BCUT2D eigenvalue weighted by atomic mass is 35.5. The normalized spacial score (nSPS) is 11.6. The highest BCUT2D eigenvalue weighted by molar-refractivity contribution is 8.00. The molecule has 1 unspecified atom stereocenters. The quantitative estimate of drug-likeness (QED) is 0.605. The number of ether oxygens (including phenoxy) is 1. The molecule has 0 aliphatic carbocycles. The van der Waals surface area contributed by atoms with Crippen LogP contribution in [0.2, 0.25) is 10.0 Å². The van der Waals surface area contributed by atoms with Gasteiger partial charge in [-0.3, -0.25) is 14.9 Å². The van der Waals surface area contributed by atoms with Gasteiger partial charge >= 0.3 is 5.97 Å². The van der Waals surface area contributed by atoms with E-state index in [0.29, 0.717) is 14.9 Å². The van der Waals surface area contributed by atoms with Crippen LogP contribution in [0.15, 0.2) is 41.6 Å². The van der Waals surface area contributed by atoms with Gasteiger partial charge in [0.1, 0.15) is 0 Å². The van der Waals surface area contributed by atoms with Gasteiger partial charge in [0.05, 0.1) is 10.8 Å². The Bertz CT molecular complexity index is 731. The minimum atomic E-state index is -0.975. The van der Waals surface area contributed by atoms with Gasteiger partial charge in [0.15, 0.2) is 6.10 Å². The average Bonchev–Trinajstić information content (AvgIpc) is 2.56. The number of benzene rings is 1. The minimum Gasteiger partial charge on any atom is -0.452 e. The Morgan fingerprint density at radius 2 is 2.00 bits per heavy atom. The number of anilines is 1. The Labute approximate surface area is 152 Å². The Kier molecular flexibility index (Phi) is 6.84. The highest BCUT2D eigenvalue weighted by Gasteiger charge is 2.19. The van der Waals surface area contributed by atoms with Crippen LogP contribution >= 0.6 is 35.0 Å². The van der Waals surface area contributed by atoms with Crippen LogP contribution in [-0.2, 0) is 14.3 Å². The lowest BCUT2D eigenvalue weighted by Gasteiger charge is -2.12. The first kappa shape index (κ1) is 18.5. The first-order chi connectivity index (χ1) is 11.5. The number of aromatic nitrogens is 2. The van der Waals surface area contributed by atoms with E-state index in [2.05, 4.69) is 15.3 Å². The molecule has 0 saturated carbocycles. The zero-order valence-corrected chi connectivity index (χ0v) is 14.9. The van der Waals surface area contributed by atoms with Crippen molar-refractivity contribution in [2.75, 3.05) is 11.1 Å². The molecular weight excluding hydrogens is 373 g/mol. The molecule has 1 N–H and O–H groups in total. The number of esters is 1. The SMILES string of the molecule is CC(OC(=O)CSc1cc(Cl)ccc1Cl)C(=O)Nc1ncccn1. The molecule has 1 heterocycles. The Hall–Kier alpha value is -1.83. The summed E-state index contributed by atoms with van der Waals surface area (Å²) in [4.78, 5) is 32.1. The molecule has 0 fully saturated rings. The Morgan fingerprint density at radius 1 is 1.29 bits per heavy atom. The molecule has 1 aromatic heterocycles. The summed E-state index contributed by atoms with van der Waals surface area (Å²) in [6.45, 7) is 1.47. The molecule has 0 aliphatic rings. The average molecular weight is 386 g/mol. The van der Waals surface area contributed by atoms with E-state index in [1.54, 1.807) is 24.3 Å². The fourth-order valence-electron chi connectivity index (χ4n) is 1.58. The first-order valence-electron chi connectivity index (χ1n) is 6.81. The number of carbonyl (C=O) groups excluding carboxylic acids is 2. The number of rotatable bonds is 6. The van der Waals surface area contributed by atoms with Crippen LogP contribution in [0.25, 0.3) is 0 Å². The van der Waals surface area contributed by atoms with Crippen LogP contribution in [0.4, 0.5) is 5.95 Å². The predicted octanol–water partition coefficient (Wildman–Crippen LogP) is 3.45. The smallest absolute Gasteiger partial charge is 0.317 e.